The van der Waals surface area contributed by atoms with Gasteiger partial charge in [-0.1, -0.05) is 24.3 Å². The lowest BCUT2D eigenvalue weighted by molar-refractivity contribution is 0.174. The number of aryl methyl sites for hydroxylation is 1. The zero-order valence-electron chi connectivity index (χ0n) is 18.3. The molecule has 1 atom stereocenters. The fourth-order valence-corrected chi connectivity index (χ4v) is 4.83. The third-order valence-electron chi connectivity index (χ3n) is 6.49. The molecule has 2 aromatic heterocycles. The van der Waals surface area contributed by atoms with Crippen LogP contribution in [0, 0.1) is 6.92 Å². The molecule has 0 saturated carbocycles. The number of para-hydroxylation sites is 1. The van der Waals surface area contributed by atoms with Gasteiger partial charge in [-0.2, -0.15) is 0 Å². The van der Waals surface area contributed by atoms with Gasteiger partial charge >= 0.3 is 0 Å². The number of fused-ring (bicyclic) bond motifs is 2. The molecular formula is C24H24N6O3. The van der Waals surface area contributed by atoms with Crippen LogP contribution >= 0.6 is 0 Å². The number of nitrogens with one attached hydrogen (secondary N) is 1. The van der Waals surface area contributed by atoms with Gasteiger partial charge in [-0.15, -0.1) is 5.10 Å². The number of H-pyrrole nitrogens is 1. The highest BCUT2D eigenvalue weighted by Gasteiger charge is 2.32. The first kappa shape index (κ1) is 19.9. The zero-order chi connectivity index (χ0) is 22.4. The molecule has 4 heterocycles. The molecule has 1 saturated heterocycles. The fourth-order valence-electron chi connectivity index (χ4n) is 4.83. The van der Waals surface area contributed by atoms with Crippen LogP contribution in [0.2, 0.25) is 0 Å². The zero-order valence-corrected chi connectivity index (χ0v) is 18.3. The second kappa shape index (κ2) is 8.00. The smallest absolute Gasteiger partial charge is 0.253 e. The van der Waals surface area contributed by atoms with Crippen molar-refractivity contribution in [2.45, 2.75) is 32.4 Å². The summed E-state index contributed by atoms with van der Waals surface area (Å²) in [5.41, 5.74) is 3.46. The molecule has 2 aliphatic rings. The van der Waals surface area contributed by atoms with Gasteiger partial charge in [-0.25, -0.2) is 4.68 Å². The molecule has 2 aliphatic heterocycles. The Hall–Kier alpha value is -3.72. The van der Waals surface area contributed by atoms with Crippen LogP contribution in [-0.2, 0) is 6.54 Å². The van der Waals surface area contributed by atoms with Crippen molar-refractivity contribution >= 4 is 10.9 Å². The number of pyridine rings is 1. The summed E-state index contributed by atoms with van der Waals surface area (Å²) in [6.07, 6.45) is 2.18. The van der Waals surface area contributed by atoms with Crippen LogP contribution in [0.5, 0.6) is 11.5 Å². The highest BCUT2D eigenvalue weighted by molar-refractivity contribution is 5.82. The number of hydrogen-bond acceptors (Lipinski definition) is 7. The van der Waals surface area contributed by atoms with Crippen LogP contribution in [0.25, 0.3) is 10.9 Å². The number of nitrogens with zero attached hydrogens (tertiary/aromatic N) is 5. The van der Waals surface area contributed by atoms with Crippen LogP contribution in [0.15, 0.2) is 47.3 Å². The molecule has 9 heteroatoms. The molecule has 2 aromatic carbocycles. The molecule has 6 rings (SSSR count). The highest BCUT2D eigenvalue weighted by Crippen LogP contribution is 2.34. The number of ether oxygens (including phenoxy) is 2. The largest absolute Gasteiger partial charge is 0.454 e. The quantitative estimate of drug-likeness (QED) is 0.505. The Kier molecular flexibility index (Phi) is 4.83. The van der Waals surface area contributed by atoms with Gasteiger partial charge in [0.25, 0.3) is 5.56 Å². The van der Waals surface area contributed by atoms with E-state index in [0.717, 1.165) is 59.5 Å². The molecule has 9 nitrogen and oxygen atoms in total. The minimum Gasteiger partial charge on any atom is -0.454 e. The molecule has 0 spiro atoms. The van der Waals surface area contributed by atoms with Crippen LogP contribution in [0.4, 0.5) is 0 Å². The number of aromatic amines is 1. The van der Waals surface area contributed by atoms with Crippen molar-refractivity contribution < 1.29 is 9.47 Å². The van der Waals surface area contributed by atoms with Crippen molar-refractivity contribution in [2.75, 3.05) is 19.9 Å². The lowest BCUT2D eigenvalue weighted by Crippen LogP contribution is -2.33. The third kappa shape index (κ3) is 3.54. The lowest BCUT2D eigenvalue weighted by Gasteiger charge is -2.26. The van der Waals surface area contributed by atoms with Gasteiger partial charge < -0.3 is 14.5 Å². The normalized spacial score (nSPS) is 16.5. The van der Waals surface area contributed by atoms with E-state index < -0.39 is 0 Å². The lowest BCUT2D eigenvalue weighted by atomic mass is 10.0. The van der Waals surface area contributed by atoms with Crippen molar-refractivity contribution in [2.24, 2.45) is 0 Å². The first-order valence-corrected chi connectivity index (χ1v) is 11.2. The van der Waals surface area contributed by atoms with Gasteiger partial charge in [0.2, 0.25) is 6.79 Å². The van der Waals surface area contributed by atoms with E-state index in [9.17, 15) is 4.79 Å². The minimum atomic E-state index is -0.329. The van der Waals surface area contributed by atoms with E-state index in [1.54, 1.807) is 4.68 Å². The van der Waals surface area contributed by atoms with Crippen LogP contribution in [0.3, 0.4) is 0 Å². The van der Waals surface area contributed by atoms with Gasteiger partial charge in [0.15, 0.2) is 17.3 Å². The molecule has 168 valence electrons. The topological polar surface area (TPSA) is 98.2 Å². The van der Waals surface area contributed by atoms with E-state index in [4.69, 9.17) is 9.47 Å². The molecule has 0 unspecified atom stereocenters. The number of tetrazole rings is 1. The molecule has 33 heavy (non-hydrogen) atoms. The van der Waals surface area contributed by atoms with E-state index in [2.05, 4.69) is 25.4 Å². The average Bonchev–Trinajstić information content (AvgIpc) is 3.58. The molecule has 1 fully saturated rings. The summed E-state index contributed by atoms with van der Waals surface area (Å²) >= 11 is 0. The first-order chi connectivity index (χ1) is 16.2. The predicted molar refractivity (Wildman–Crippen MR) is 121 cm³/mol. The summed E-state index contributed by atoms with van der Waals surface area (Å²) in [5, 5.41) is 13.7. The van der Waals surface area contributed by atoms with Crippen LogP contribution < -0.4 is 15.0 Å². The van der Waals surface area contributed by atoms with E-state index in [1.807, 2.05) is 49.4 Å². The summed E-state index contributed by atoms with van der Waals surface area (Å²) < 4.78 is 12.7. The average molecular weight is 444 g/mol. The van der Waals surface area contributed by atoms with Gasteiger partial charge in [-0.05, 0) is 78.0 Å². The van der Waals surface area contributed by atoms with E-state index in [0.29, 0.717) is 17.9 Å². The van der Waals surface area contributed by atoms with Gasteiger partial charge in [0.05, 0.1) is 12.1 Å². The summed E-state index contributed by atoms with van der Waals surface area (Å²) in [7, 11) is 0. The summed E-state index contributed by atoms with van der Waals surface area (Å²) in [6, 6.07) is 13.5. The Bertz CT molecular complexity index is 1390. The Morgan fingerprint density at radius 2 is 1.94 bits per heavy atom. The molecule has 0 radical (unpaired) electrons. The van der Waals surface area contributed by atoms with Gasteiger partial charge in [0.1, 0.15) is 6.04 Å². The molecule has 0 amide bonds. The Labute approximate surface area is 189 Å². The van der Waals surface area contributed by atoms with E-state index in [1.165, 1.54) is 0 Å². The fraction of sp³-hybridized carbons (Fsp3) is 0.333. The highest BCUT2D eigenvalue weighted by atomic mass is 16.7. The van der Waals surface area contributed by atoms with E-state index >= 15 is 0 Å². The maximum atomic E-state index is 13.3. The summed E-state index contributed by atoms with van der Waals surface area (Å²) in [4.78, 5) is 18.7. The molecule has 0 aliphatic carbocycles. The van der Waals surface area contributed by atoms with Crippen molar-refractivity contribution in [1.82, 2.24) is 30.1 Å². The van der Waals surface area contributed by atoms with Crippen molar-refractivity contribution in [1.29, 1.82) is 0 Å². The number of likely N-dealkylation sites (tertiary alicyclic amines) is 1. The number of aromatic nitrogens is 5. The Balaban J connectivity index is 1.43. The summed E-state index contributed by atoms with van der Waals surface area (Å²) in [6.45, 7) is 4.49. The molecule has 4 aromatic rings. The molecular weight excluding hydrogens is 420 g/mol. The second-order valence-electron chi connectivity index (χ2n) is 8.62. The van der Waals surface area contributed by atoms with E-state index in [-0.39, 0.29) is 18.4 Å². The first-order valence-electron chi connectivity index (χ1n) is 11.2. The summed E-state index contributed by atoms with van der Waals surface area (Å²) in [5.74, 6) is 2.12. The van der Waals surface area contributed by atoms with Crippen molar-refractivity contribution in [3.8, 4) is 11.5 Å². The number of benzene rings is 2. The monoisotopic (exact) mass is 444 g/mol. The number of hydrogen-bond donors (Lipinski definition) is 1. The molecule has 1 N–H and O–H groups in total. The van der Waals surface area contributed by atoms with Crippen LogP contribution in [0.1, 0.15) is 41.4 Å². The third-order valence-corrected chi connectivity index (χ3v) is 6.49. The standard InChI is InChI=1S/C24H24N6O3/c1-15-5-4-6-17-12-18(24(31)25-21(15)17)22(29-9-2-3-10-29)23-26-27-28-30(23)13-16-7-8-19-20(11-16)33-14-32-19/h4-8,11-12,22H,2-3,9-10,13-14H2,1H3,(H,25,31)/t22-/m0/s1. The van der Waals surface area contributed by atoms with Gasteiger partial charge in [0, 0.05) is 5.56 Å². The minimum absolute atomic E-state index is 0.105. The number of rotatable bonds is 5. The Morgan fingerprint density at radius 3 is 2.82 bits per heavy atom. The Morgan fingerprint density at radius 1 is 1.09 bits per heavy atom. The predicted octanol–water partition coefficient (Wildman–Crippen LogP) is 2.79. The molecule has 0 bridgehead atoms. The van der Waals surface area contributed by atoms with Gasteiger partial charge in [-0.3, -0.25) is 9.69 Å². The van der Waals surface area contributed by atoms with Crippen molar-refractivity contribution in [3.63, 3.8) is 0 Å². The maximum Gasteiger partial charge on any atom is 0.253 e. The van der Waals surface area contributed by atoms with Crippen LogP contribution in [-0.4, -0.2) is 50.0 Å². The maximum absolute atomic E-state index is 13.3. The van der Waals surface area contributed by atoms with Crippen molar-refractivity contribution in [3.05, 3.63) is 75.3 Å². The SMILES string of the molecule is Cc1cccc2cc([C@@H](c3nnnn3Cc3ccc4c(c3)OCO4)N3CCCC3)c(=O)[nH]c12. The second-order valence-corrected chi connectivity index (χ2v) is 8.62.